The molecule has 0 aliphatic carbocycles. The Morgan fingerprint density at radius 1 is 0.911 bits per heavy atom. The monoisotopic (exact) mass is 614 g/mol. The van der Waals surface area contributed by atoms with Crippen LogP contribution in [0, 0.1) is 0 Å². The predicted molar refractivity (Wildman–Crippen MR) is 165 cm³/mol. The van der Waals surface area contributed by atoms with Crippen LogP contribution >= 0.6 is 0 Å². The van der Waals surface area contributed by atoms with E-state index in [-0.39, 0.29) is 6.61 Å². The fourth-order valence-electron chi connectivity index (χ4n) is 4.40. The molecule has 0 aliphatic rings. The van der Waals surface area contributed by atoms with Crippen molar-refractivity contribution < 1.29 is 33.6 Å². The zero-order chi connectivity index (χ0) is 31.4. The summed E-state index contributed by atoms with van der Waals surface area (Å²) in [4.78, 5) is 21.6. The number of nitrogens with zero attached hydrogens (tertiary/aromatic N) is 5. The van der Waals surface area contributed by atoms with Crippen molar-refractivity contribution in [3.63, 3.8) is 0 Å². The van der Waals surface area contributed by atoms with E-state index in [1.54, 1.807) is 26.5 Å². The molecule has 0 unspecified atom stereocenters. The summed E-state index contributed by atoms with van der Waals surface area (Å²) in [6.07, 6.45) is 3.06. The van der Waals surface area contributed by atoms with Crippen molar-refractivity contribution in [3.8, 4) is 22.8 Å². The molecule has 0 bridgehead atoms. The highest BCUT2D eigenvalue weighted by atomic mass is 16.5. The second kappa shape index (κ2) is 15.6. The van der Waals surface area contributed by atoms with Gasteiger partial charge in [0.25, 0.3) is 0 Å². The van der Waals surface area contributed by atoms with Gasteiger partial charge in [0.05, 0.1) is 31.5 Å². The molecule has 1 atom stereocenters. The fraction of sp³-hybridized carbons (Fsp3) is 0.281. The van der Waals surface area contributed by atoms with Crippen LogP contribution in [0.5, 0.6) is 11.5 Å². The number of hydrogen-bond donors (Lipinski definition) is 2. The lowest BCUT2D eigenvalue weighted by Crippen LogP contribution is -2.25. The molecule has 0 saturated carbocycles. The van der Waals surface area contributed by atoms with Crippen molar-refractivity contribution in [1.29, 1.82) is 0 Å². The van der Waals surface area contributed by atoms with Gasteiger partial charge in [0.1, 0.15) is 37.7 Å². The Morgan fingerprint density at radius 2 is 1.67 bits per heavy atom. The van der Waals surface area contributed by atoms with Gasteiger partial charge in [0.2, 0.25) is 0 Å². The van der Waals surface area contributed by atoms with E-state index in [4.69, 9.17) is 23.7 Å². The lowest BCUT2D eigenvalue weighted by atomic mass is 10.1. The summed E-state index contributed by atoms with van der Waals surface area (Å²) >= 11 is 0. The van der Waals surface area contributed by atoms with Gasteiger partial charge < -0.3 is 34.1 Å². The maximum Gasteiger partial charge on any atom is 0.333 e. The topological polar surface area (TPSA) is 152 Å². The minimum absolute atomic E-state index is 0.0894. The average molecular weight is 615 g/mol. The Hall–Kier alpha value is -5.11. The number of carbonyl (C=O) groups is 1. The van der Waals surface area contributed by atoms with Crippen LogP contribution in [-0.4, -0.2) is 83.3 Å². The zero-order valence-corrected chi connectivity index (χ0v) is 25.0. The number of nitrogens with one attached hydrogen (secondary N) is 1. The van der Waals surface area contributed by atoms with E-state index in [2.05, 4.69) is 25.6 Å². The zero-order valence-electron chi connectivity index (χ0n) is 25.0. The number of fused-ring (bicyclic) bond motifs is 1. The van der Waals surface area contributed by atoms with E-state index >= 15 is 0 Å². The van der Waals surface area contributed by atoms with Crippen molar-refractivity contribution in [2.45, 2.75) is 12.6 Å². The number of aliphatic hydroxyl groups excluding tert-OH is 1. The molecule has 2 aromatic heterocycles. The van der Waals surface area contributed by atoms with Gasteiger partial charge in [-0.3, -0.25) is 0 Å². The third kappa shape index (κ3) is 8.09. The van der Waals surface area contributed by atoms with Crippen LogP contribution in [0.3, 0.4) is 0 Å². The molecule has 0 aliphatic heterocycles. The van der Waals surface area contributed by atoms with Gasteiger partial charge >= 0.3 is 5.97 Å². The Kier molecular flexibility index (Phi) is 10.8. The van der Waals surface area contributed by atoms with Gasteiger partial charge in [-0.15, -0.1) is 5.10 Å². The molecule has 0 saturated heterocycles. The molecule has 2 heterocycles. The number of methoxy groups -OCH3 is 2. The van der Waals surface area contributed by atoms with E-state index in [0.717, 1.165) is 22.2 Å². The largest absolute Gasteiger partial charge is 0.487 e. The summed E-state index contributed by atoms with van der Waals surface area (Å²) in [6.45, 7) is 1.13. The Morgan fingerprint density at radius 3 is 2.40 bits per heavy atom. The Balaban J connectivity index is 1.34. The quantitative estimate of drug-likeness (QED) is 0.122. The molecule has 0 amide bonds. The van der Waals surface area contributed by atoms with Crippen LogP contribution in [0.4, 0.5) is 11.5 Å². The highest BCUT2D eigenvalue weighted by Gasteiger charge is 2.23. The van der Waals surface area contributed by atoms with E-state index in [9.17, 15) is 9.90 Å². The van der Waals surface area contributed by atoms with Crippen LogP contribution in [0.2, 0.25) is 0 Å². The van der Waals surface area contributed by atoms with Crippen molar-refractivity contribution in [3.05, 3.63) is 84.8 Å². The first-order valence-electron chi connectivity index (χ1n) is 14.2. The van der Waals surface area contributed by atoms with Crippen LogP contribution < -0.4 is 14.8 Å². The number of esters is 1. The molecule has 5 rings (SSSR count). The second-order valence-electron chi connectivity index (χ2n) is 9.80. The number of anilines is 2. The van der Waals surface area contributed by atoms with Crippen molar-refractivity contribution in [1.82, 2.24) is 25.0 Å². The molecule has 13 heteroatoms. The number of carbonyl (C=O) groups excluding carboxylic acids is 1. The molecule has 0 fully saturated rings. The Bertz CT molecular complexity index is 1700. The normalized spacial score (nSPS) is 11.7. The summed E-state index contributed by atoms with van der Waals surface area (Å²) in [6, 6.07) is 19.4. The van der Waals surface area contributed by atoms with Gasteiger partial charge in [0.15, 0.2) is 17.5 Å². The molecule has 5 aromatic rings. The first-order chi connectivity index (χ1) is 22.1. The van der Waals surface area contributed by atoms with Crippen LogP contribution in [0.1, 0.15) is 11.6 Å². The van der Waals surface area contributed by atoms with Gasteiger partial charge in [-0.1, -0.05) is 47.7 Å². The second-order valence-corrected chi connectivity index (χ2v) is 9.80. The van der Waals surface area contributed by atoms with E-state index in [1.807, 2.05) is 60.7 Å². The van der Waals surface area contributed by atoms with E-state index in [1.165, 1.54) is 11.0 Å². The van der Waals surface area contributed by atoms with Gasteiger partial charge in [-0.05, 0) is 23.8 Å². The Labute approximate surface area is 259 Å². The highest BCUT2D eigenvalue weighted by Crippen LogP contribution is 2.35. The van der Waals surface area contributed by atoms with Crippen molar-refractivity contribution in [2.24, 2.45) is 0 Å². The molecule has 13 nitrogen and oxygen atoms in total. The number of hydrogen-bond acceptors (Lipinski definition) is 12. The van der Waals surface area contributed by atoms with Gasteiger partial charge in [-0.25, -0.2) is 19.4 Å². The number of aliphatic hydroxyl groups is 1. The number of rotatable bonds is 16. The minimum Gasteiger partial charge on any atom is -0.487 e. The summed E-state index contributed by atoms with van der Waals surface area (Å²) in [5, 5.41) is 22.3. The summed E-state index contributed by atoms with van der Waals surface area (Å²) in [5.74, 6) is 1.01. The highest BCUT2D eigenvalue weighted by molar-refractivity contribution is 5.93. The van der Waals surface area contributed by atoms with Crippen LogP contribution in [0.25, 0.3) is 22.2 Å². The molecule has 0 spiro atoms. The van der Waals surface area contributed by atoms with E-state index < -0.39 is 18.6 Å². The number of ether oxygens (including phenoxy) is 5. The first kappa shape index (κ1) is 31.3. The number of benzene rings is 3. The maximum absolute atomic E-state index is 12.7. The standard InChI is InChI=1S/C32H34N6O7/c1-41-11-13-43-29-16-25-26(17-30(29)44-14-12-42-2)33-21-34-31(25)35-24-10-6-9-23(15-24)27-18-38(37-36-27)28(19-39)32(40)45-20-22-7-4-3-5-8-22/h3-10,15-18,21,28,39H,11-14,19-20H2,1-2H3,(H,33,34,35)/t28-/m1/s1. The lowest BCUT2D eigenvalue weighted by molar-refractivity contribution is -0.150. The summed E-state index contributed by atoms with van der Waals surface area (Å²) in [5.41, 5.74) is 3.47. The number of aromatic nitrogens is 5. The fourth-order valence-corrected chi connectivity index (χ4v) is 4.40. The summed E-state index contributed by atoms with van der Waals surface area (Å²) in [7, 11) is 3.22. The van der Waals surface area contributed by atoms with Crippen molar-refractivity contribution >= 4 is 28.4 Å². The molecular weight excluding hydrogens is 580 g/mol. The third-order valence-corrected chi connectivity index (χ3v) is 6.71. The summed E-state index contributed by atoms with van der Waals surface area (Å²) < 4.78 is 28.8. The predicted octanol–water partition coefficient (Wildman–Crippen LogP) is 3.96. The van der Waals surface area contributed by atoms with Gasteiger partial charge in [-0.2, -0.15) is 0 Å². The maximum atomic E-state index is 12.7. The van der Waals surface area contributed by atoms with Gasteiger partial charge in [0, 0.05) is 36.9 Å². The molecule has 0 radical (unpaired) electrons. The minimum atomic E-state index is -1.03. The smallest absolute Gasteiger partial charge is 0.333 e. The molecule has 2 N–H and O–H groups in total. The van der Waals surface area contributed by atoms with Crippen LogP contribution in [-0.2, 0) is 25.6 Å². The SMILES string of the molecule is COCCOc1cc2ncnc(Nc3cccc(-c4cn([C@H](CO)C(=O)OCc5ccccc5)nn4)c3)c2cc1OCCOC. The van der Waals surface area contributed by atoms with Crippen LogP contribution in [0.15, 0.2) is 79.3 Å². The molecule has 45 heavy (non-hydrogen) atoms. The first-order valence-corrected chi connectivity index (χ1v) is 14.2. The molecular formula is C32H34N6O7. The lowest BCUT2D eigenvalue weighted by Gasteiger charge is -2.15. The molecule has 234 valence electrons. The molecule has 3 aromatic carbocycles. The van der Waals surface area contributed by atoms with E-state index in [0.29, 0.717) is 55.0 Å². The third-order valence-electron chi connectivity index (χ3n) is 6.71. The average Bonchev–Trinajstić information content (AvgIpc) is 3.55. The van der Waals surface area contributed by atoms with Crippen molar-refractivity contribution in [2.75, 3.05) is 52.6 Å².